The molecule has 1 unspecified atom stereocenters. The number of hydrogen-bond donors (Lipinski definition) is 3. The summed E-state index contributed by atoms with van der Waals surface area (Å²) in [4.78, 5) is 24.2. The Hall–Kier alpha value is -3.87. The third-order valence-corrected chi connectivity index (χ3v) is 4.96. The smallest absolute Gasteiger partial charge is 0.253 e. The number of carbonyl (C=O) groups excluding carboxylic acids is 1. The van der Waals surface area contributed by atoms with Gasteiger partial charge in [0.2, 0.25) is 0 Å². The number of benzene rings is 2. The Bertz CT molecular complexity index is 1210. The van der Waals surface area contributed by atoms with Gasteiger partial charge in [-0.05, 0) is 37.6 Å². The Balaban J connectivity index is 1.64. The van der Waals surface area contributed by atoms with Crippen molar-refractivity contribution in [3.05, 3.63) is 71.7 Å². The van der Waals surface area contributed by atoms with E-state index in [9.17, 15) is 4.79 Å². The zero-order valence-corrected chi connectivity index (χ0v) is 17.1. The molecule has 0 saturated carbocycles. The summed E-state index contributed by atoms with van der Waals surface area (Å²) >= 11 is 0. The average molecular weight is 401 g/mol. The molecule has 0 aliphatic heterocycles. The molecule has 0 aliphatic carbocycles. The lowest BCUT2D eigenvalue weighted by atomic mass is 10.1. The predicted octanol–water partition coefficient (Wildman–Crippen LogP) is 4.02. The van der Waals surface area contributed by atoms with Crippen molar-refractivity contribution in [2.75, 3.05) is 12.8 Å². The first kappa shape index (κ1) is 19.4. The van der Waals surface area contributed by atoms with Crippen LogP contribution in [0.4, 0.5) is 5.82 Å². The molecule has 0 aliphatic rings. The normalized spacial score (nSPS) is 12.0. The fraction of sp³-hybridized carbons (Fsp3) is 0.174. The number of H-pyrrole nitrogens is 1. The van der Waals surface area contributed by atoms with E-state index in [0.717, 1.165) is 16.6 Å². The Morgan fingerprint density at radius 3 is 2.67 bits per heavy atom. The van der Waals surface area contributed by atoms with E-state index in [-0.39, 0.29) is 5.91 Å². The number of para-hydroxylation sites is 1. The second-order valence-corrected chi connectivity index (χ2v) is 7.14. The first-order chi connectivity index (χ1) is 14.5. The molecule has 7 heteroatoms. The summed E-state index contributed by atoms with van der Waals surface area (Å²) in [6.07, 6.45) is 1.31. The molecule has 4 rings (SSSR count). The highest BCUT2D eigenvalue weighted by molar-refractivity contribution is 6.04. The molecule has 1 atom stereocenters. The van der Waals surface area contributed by atoms with Crippen molar-refractivity contribution in [3.8, 4) is 16.9 Å². The van der Waals surface area contributed by atoms with Gasteiger partial charge in [0.1, 0.15) is 11.3 Å². The second-order valence-electron chi connectivity index (χ2n) is 7.14. The van der Waals surface area contributed by atoms with Crippen LogP contribution in [0.3, 0.4) is 0 Å². The Morgan fingerprint density at radius 2 is 1.93 bits per heavy atom. The topological polar surface area (TPSA) is 106 Å². The summed E-state index contributed by atoms with van der Waals surface area (Å²) < 4.78 is 6.09. The molecule has 2 aromatic carbocycles. The van der Waals surface area contributed by atoms with Crippen molar-refractivity contribution in [2.24, 2.45) is 0 Å². The van der Waals surface area contributed by atoms with Crippen LogP contribution < -0.4 is 15.8 Å². The van der Waals surface area contributed by atoms with E-state index in [1.807, 2.05) is 56.3 Å². The van der Waals surface area contributed by atoms with Crippen molar-refractivity contribution in [1.29, 1.82) is 0 Å². The van der Waals surface area contributed by atoms with Gasteiger partial charge in [0.05, 0.1) is 11.1 Å². The van der Waals surface area contributed by atoms with Gasteiger partial charge in [-0.15, -0.1) is 0 Å². The number of hydrogen-bond acceptors (Lipinski definition) is 5. The van der Waals surface area contributed by atoms with Crippen LogP contribution in [-0.2, 0) is 0 Å². The molecule has 0 bridgehead atoms. The average Bonchev–Trinajstić information content (AvgIpc) is 3.20. The minimum absolute atomic E-state index is 0.188. The number of aromatic nitrogens is 3. The lowest BCUT2D eigenvalue weighted by Gasteiger charge is -2.15. The van der Waals surface area contributed by atoms with Crippen LogP contribution in [0.25, 0.3) is 22.2 Å². The zero-order valence-electron chi connectivity index (χ0n) is 17.1. The number of nitrogens with two attached hydrogens (primary N) is 1. The van der Waals surface area contributed by atoms with E-state index in [2.05, 4.69) is 20.3 Å². The number of anilines is 1. The van der Waals surface area contributed by atoms with Crippen LogP contribution in [-0.4, -0.2) is 27.9 Å². The lowest BCUT2D eigenvalue weighted by molar-refractivity contribution is 0.0964. The van der Waals surface area contributed by atoms with E-state index < -0.39 is 6.10 Å². The maximum Gasteiger partial charge on any atom is 0.253 e. The molecule has 7 nitrogen and oxygen atoms in total. The van der Waals surface area contributed by atoms with Gasteiger partial charge in [0, 0.05) is 18.8 Å². The highest BCUT2D eigenvalue weighted by atomic mass is 16.5. The number of nitrogen functional groups attached to an aromatic ring is 1. The number of aromatic amines is 1. The Labute approximate surface area is 174 Å². The molecular formula is C23H23N5O2. The van der Waals surface area contributed by atoms with Gasteiger partial charge in [0.25, 0.3) is 5.91 Å². The highest BCUT2D eigenvalue weighted by Crippen LogP contribution is 2.31. The van der Waals surface area contributed by atoms with Crippen molar-refractivity contribution in [1.82, 2.24) is 20.3 Å². The van der Waals surface area contributed by atoms with Crippen molar-refractivity contribution >= 4 is 22.8 Å². The van der Waals surface area contributed by atoms with Gasteiger partial charge >= 0.3 is 0 Å². The Kier molecular flexibility index (Phi) is 5.10. The number of carbonyl (C=O) groups is 1. The molecule has 2 aromatic heterocycles. The van der Waals surface area contributed by atoms with E-state index >= 15 is 0 Å². The highest BCUT2D eigenvalue weighted by Gasteiger charge is 2.18. The van der Waals surface area contributed by atoms with Crippen LogP contribution in [0, 0.1) is 6.92 Å². The SMILES string of the molecule is CNC(=O)c1cccc2[nH]c(C(C)Oc3cc(-c4ccc(C)cc4)cnc3N)nc12. The minimum atomic E-state index is -0.424. The molecule has 4 aromatic rings. The summed E-state index contributed by atoms with van der Waals surface area (Å²) in [6, 6.07) is 15.5. The number of aryl methyl sites for hydroxylation is 1. The van der Waals surface area contributed by atoms with Gasteiger partial charge < -0.3 is 20.8 Å². The molecule has 1 amide bonds. The van der Waals surface area contributed by atoms with Crippen LogP contribution in [0.1, 0.15) is 34.8 Å². The largest absolute Gasteiger partial charge is 0.479 e. The van der Waals surface area contributed by atoms with E-state index in [1.54, 1.807) is 19.3 Å². The molecule has 4 N–H and O–H groups in total. The summed E-state index contributed by atoms with van der Waals surface area (Å²) in [5.41, 5.74) is 11.1. The maximum absolute atomic E-state index is 12.1. The second kappa shape index (κ2) is 7.87. The lowest BCUT2D eigenvalue weighted by Crippen LogP contribution is -2.18. The number of nitrogens with one attached hydrogen (secondary N) is 2. The summed E-state index contributed by atoms with van der Waals surface area (Å²) in [5.74, 6) is 1.19. The number of ether oxygens (including phenoxy) is 1. The van der Waals surface area contributed by atoms with Gasteiger partial charge in [-0.25, -0.2) is 9.97 Å². The molecule has 30 heavy (non-hydrogen) atoms. The molecule has 0 spiro atoms. The first-order valence-electron chi connectivity index (χ1n) is 9.66. The standard InChI is InChI=1S/C23H23N5O2/c1-13-7-9-15(10-8-13)16-11-19(21(24)26-12-16)30-14(2)22-27-18-6-4-5-17(20(18)28-22)23(29)25-3/h4-12,14H,1-3H3,(H2,24,26)(H,25,29)(H,27,28). The van der Waals surface area contributed by atoms with Crippen molar-refractivity contribution < 1.29 is 9.53 Å². The van der Waals surface area contributed by atoms with Gasteiger partial charge in [-0.2, -0.15) is 0 Å². The number of imidazole rings is 1. The Morgan fingerprint density at radius 1 is 1.17 bits per heavy atom. The molecule has 2 heterocycles. The number of fused-ring (bicyclic) bond motifs is 1. The quantitative estimate of drug-likeness (QED) is 0.468. The third kappa shape index (κ3) is 3.69. The fourth-order valence-corrected chi connectivity index (χ4v) is 3.26. The molecule has 0 saturated heterocycles. The summed E-state index contributed by atoms with van der Waals surface area (Å²) in [6.45, 7) is 3.92. The van der Waals surface area contributed by atoms with Gasteiger partial charge in [-0.1, -0.05) is 35.9 Å². The predicted molar refractivity (Wildman–Crippen MR) is 117 cm³/mol. The third-order valence-electron chi connectivity index (χ3n) is 4.96. The van der Waals surface area contributed by atoms with Crippen molar-refractivity contribution in [3.63, 3.8) is 0 Å². The molecule has 0 fully saturated rings. The monoisotopic (exact) mass is 401 g/mol. The van der Waals surface area contributed by atoms with E-state index in [4.69, 9.17) is 10.5 Å². The molecule has 0 radical (unpaired) electrons. The number of pyridine rings is 1. The molecular weight excluding hydrogens is 378 g/mol. The van der Waals surface area contributed by atoms with Crippen LogP contribution >= 0.6 is 0 Å². The summed E-state index contributed by atoms with van der Waals surface area (Å²) in [5, 5.41) is 2.64. The van der Waals surface area contributed by atoms with Crippen LogP contribution in [0.2, 0.25) is 0 Å². The van der Waals surface area contributed by atoms with Crippen LogP contribution in [0.15, 0.2) is 54.7 Å². The fourth-order valence-electron chi connectivity index (χ4n) is 3.26. The summed E-state index contributed by atoms with van der Waals surface area (Å²) in [7, 11) is 1.59. The van der Waals surface area contributed by atoms with Crippen molar-refractivity contribution in [2.45, 2.75) is 20.0 Å². The number of nitrogens with zero attached hydrogens (tertiary/aromatic N) is 2. The van der Waals surface area contributed by atoms with E-state index in [0.29, 0.717) is 28.5 Å². The van der Waals surface area contributed by atoms with Gasteiger partial charge in [-0.3, -0.25) is 4.79 Å². The minimum Gasteiger partial charge on any atom is -0.479 e. The van der Waals surface area contributed by atoms with Crippen LogP contribution in [0.5, 0.6) is 5.75 Å². The first-order valence-corrected chi connectivity index (χ1v) is 9.66. The molecule has 152 valence electrons. The zero-order chi connectivity index (χ0) is 21.3. The van der Waals surface area contributed by atoms with Gasteiger partial charge in [0.15, 0.2) is 17.7 Å². The number of amides is 1. The maximum atomic E-state index is 12.1. The van der Waals surface area contributed by atoms with E-state index in [1.165, 1.54) is 5.56 Å². The number of rotatable bonds is 5.